The fourth-order valence-corrected chi connectivity index (χ4v) is 3.82. The van der Waals surface area contributed by atoms with E-state index in [9.17, 15) is 24.3 Å². The maximum Gasteiger partial charge on any atom is 0.275 e. The van der Waals surface area contributed by atoms with Gasteiger partial charge in [0.25, 0.3) is 23.6 Å². The summed E-state index contributed by atoms with van der Waals surface area (Å²) in [7, 11) is 0. The SMILES string of the molecule is CC(O)CNN1C(=O)c2ccc3c4c(ccc(c24)C1=O)C(=O)N(CCOCCO)C3=O. The number of benzene rings is 2. The van der Waals surface area contributed by atoms with Crippen molar-refractivity contribution in [2.75, 3.05) is 32.9 Å². The summed E-state index contributed by atoms with van der Waals surface area (Å²) in [4.78, 5) is 52.9. The van der Waals surface area contributed by atoms with Crippen LogP contribution in [-0.2, 0) is 4.74 Å². The molecule has 31 heavy (non-hydrogen) atoms. The molecular weight excluding hydrogens is 406 g/mol. The summed E-state index contributed by atoms with van der Waals surface area (Å²) in [6.45, 7) is 1.53. The van der Waals surface area contributed by atoms with E-state index in [0.717, 1.165) is 9.91 Å². The molecule has 1 atom stereocenters. The highest BCUT2D eigenvalue weighted by Crippen LogP contribution is 2.37. The highest BCUT2D eigenvalue weighted by Gasteiger charge is 2.39. The fraction of sp³-hybridized carbons (Fsp3) is 0.333. The van der Waals surface area contributed by atoms with E-state index in [4.69, 9.17) is 9.84 Å². The average Bonchev–Trinajstić information content (AvgIpc) is 2.75. The Morgan fingerprint density at radius 1 is 0.871 bits per heavy atom. The molecule has 10 nitrogen and oxygen atoms in total. The Morgan fingerprint density at radius 2 is 1.35 bits per heavy atom. The first-order valence-corrected chi connectivity index (χ1v) is 9.81. The summed E-state index contributed by atoms with van der Waals surface area (Å²) in [5.74, 6) is -2.32. The van der Waals surface area contributed by atoms with E-state index in [1.807, 2.05) is 0 Å². The molecule has 0 saturated heterocycles. The van der Waals surface area contributed by atoms with Crippen LogP contribution in [0.3, 0.4) is 0 Å². The number of carbonyl (C=O) groups is 4. The molecule has 2 aliphatic rings. The van der Waals surface area contributed by atoms with Gasteiger partial charge < -0.3 is 14.9 Å². The van der Waals surface area contributed by atoms with Crippen LogP contribution in [0.1, 0.15) is 48.4 Å². The summed E-state index contributed by atoms with van der Waals surface area (Å²) in [6, 6.07) is 5.87. The fourth-order valence-electron chi connectivity index (χ4n) is 3.82. The number of aliphatic hydroxyl groups is 2. The molecule has 4 amide bonds. The quantitative estimate of drug-likeness (QED) is 0.393. The molecule has 0 aliphatic carbocycles. The van der Waals surface area contributed by atoms with Crippen LogP contribution in [0.5, 0.6) is 0 Å². The van der Waals surface area contributed by atoms with Gasteiger partial charge in [0.1, 0.15) is 0 Å². The van der Waals surface area contributed by atoms with Gasteiger partial charge >= 0.3 is 0 Å². The predicted molar refractivity (Wildman–Crippen MR) is 107 cm³/mol. The molecular formula is C21H21N3O7. The standard InChI is InChI=1S/C21H21N3O7/c1-11(26)10-22-24-20(29)14-4-2-12-16-13(3-5-15(17(14)16)21(24)30)19(28)23(18(12)27)6-8-31-9-7-25/h2-5,11,22,25-26H,6-10H2,1H3. The number of rotatable bonds is 8. The zero-order valence-electron chi connectivity index (χ0n) is 16.8. The van der Waals surface area contributed by atoms with Crippen LogP contribution < -0.4 is 5.43 Å². The number of ether oxygens (including phenoxy) is 1. The number of amides is 4. The van der Waals surface area contributed by atoms with Crippen LogP contribution in [0.25, 0.3) is 10.8 Å². The van der Waals surface area contributed by atoms with Crippen molar-refractivity contribution in [1.29, 1.82) is 0 Å². The number of hydrogen-bond acceptors (Lipinski definition) is 8. The minimum Gasteiger partial charge on any atom is -0.394 e. The van der Waals surface area contributed by atoms with Crippen LogP contribution in [-0.4, -0.2) is 82.8 Å². The first-order valence-electron chi connectivity index (χ1n) is 9.81. The molecule has 2 aliphatic heterocycles. The number of nitrogens with one attached hydrogen (secondary N) is 1. The second-order valence-electron chi connectivity index (χ2n) is 7.33. The Morgan fingerprint density at radius 3 is 1.81 bits per heavy atom. The smallest absolute Gasteiger partial charge is 0.275 e. The molecule has 2 aromatic rings. The van der Waals surface area contributed by atoms with Gasteiger partial charge in [-0.1, -0.05) is 0 Å². The molecule has 3 N–H and O–H groups in total. The number of carbonyl (C=O) groups excluding carboxylic acids is 4. The Bertz CT molecular complexity index is 1040. The highest BCUT2D eigenvalue weighted by molar-refractivity contribution is 6.33. The Kier molecular flexibility index (Phi) is 5.54. The zero-order chi connectivity index (χ0) is 22.3. The lowest BCUT2D eigenvalue weighted by molar-refractivity contribution is 0.0462. The van der Waals surface area contributed by atoms with Crippen LogP contribution in [0.4, 0.5) is 0 Å². The maximum absolute atomic E-state index is 13.0. The molecule has 0 saturated carbocycles. The summed E-state index contributed by atoms with van der Waals surface area (Å²) in [5.41, 5.74) is 3.46. The number of imide groups is 2. The maximum atomic E-state index is 13.0. The van der Waals surface area contributed by atoms with Gasteiger partial charge in [-0.15, -0.1) is 0 Å². The van der Waals surface area contributed by atoms with Crippen molar-refractivity contribution in [3.63, 3.8) is 0 Å². The van der Waals surface area contributed by atoms with Gasteiger partial charge in [0.05, 0.1) is 43.6 Å². The third-order valence-electron chi connectivity index (χ3n) is 5.22. The van der Waals surface area contributed by atoms with Crippen molar-refractivity contribution in [2.24, 2.45) is 0 Å². The first kappa shape index (κ1) is 21.1. The minimum atomic E-state index is -0.778. The van der Waals surface area contributed by atoms with Crippen LogP contribution >= 0.6 is 0 Å². The van der Waals surface area contributed by atoms with E-state index in [1.54, 1.807) is 0 Å². The van der Waals surface area contributed by atoms with Gasteiger partial charge in [0.15, 0.2) is 0 Å². The van der Waals surface area contributed by atoms with Crippen molar-refractivity contribution < 1.29 is 34.1 Å². The van der Waals surface area contributed by atoms with Crippen molar-refractivity contribution in [3.05, 3.63) is 46.5 Å². The summed E-state index contributed by atoms with van der Waals surface area (Å²) < 4.78 is 5.17. The van der Waals surface area contributed by atoms with Gasteiger partial charge in [0.2, 0.25) is 0 Å². The van der Waals surface area contributed by atoms with Gasteiger partial charge in [-0.2, -0.15) is 0 Å². The lowest BCUT2D eigenvalue weighted by atomic mass is 9.86. The second-order valence-corrected chi connectivity index (χ2v) is 7.33. The molecule has 2 aromatic carbocycles. The molecule has 2 heterocycles. The average molecular weight is 427 g/mol. The van der Waals surface area contributed by atoms with Crippen LogP contribution in [0, 0.1) is 0 Å². The number of nitrogens with zero attached hydrogens (tertiary/aromatic N) is 2. The first-order chi connectivity index (χ1) is 14.9. The van der Waals surface area contributed by atoms with E-state index < -0.39 is 29.7 Å². The molecule has 0 spiro atoms. The largest absolute Gasteiger partial charge is 0.394 e. The number of hydrogen-bond donors (Lipinski definition) is 3. The monoisotopic (exact) mass is 427 g/mol. The van der Waals surface area contributed by atoms with Gasteiger partial charge in [-0.25, -0.2) is 10.4 Å². The number of aliphatic hydroxyl groups excluding tert-OH is 2. The Balaban J connectivity index is 1.77. The third kappa shape index (κ3) is 3.39. The van der Waals surface area contributed by atoms with Crippen LogP contribution in [0.2, 0.25) is 0 Å². The third-order valence-corrected chi connectivity index (χ3v) is 5.22. The molecule has 162 valence electrons. The Labute approximate surface area is 177 Å². The highest BCUT2D eigenvalue weighted by atomic mass is 16.5. The zero-order valence-corrected chi connectivity index (χ0v) is 16.8. The van der Waals surface area contributed by atoms with Gasteiger partial charge in [-0.3, -0.25) is 24.1 Å². The summed E-state index contributed by atoms with van der Waals surface area (Å²) >= 11 is 0. The number of hydrazine groups is 1. The second kappa shape index (κ2) is 8.16. The molecule has 10 heteroatoms. The lowest BCUT2D eigenvalue weighted by Crippen LogP contribution is -2.51. The minimum absolute atomic E-state index is 0.00356. The van der Waals surface area contributed by atoms with Gasteiger partial charge in [-0.05, 0) is 31.2 Å². The molecule has 0 radical (unpaired) electrons. The summed E-state index contributed by atoms with van der Waals surface area (Å²) in [6.07, 6.45) is -0.778. The van der Waals surface area contributed by atoms with Crippen molar-refractivity contribution in [2.45, 2.75) is 13.0 Å². The van der Waals surface area contributed by atoms with Crippen molar-refractivity contribution in [3.8, 4) is 0 Å². The Hall–Kier alpha value is -3.18. The van der Waals surface area contributed by atoms with E-state index >= 15 is 0 Å². The van der Waals surface area contributed by atoms with E-state index in [2.05, 4.69) is 5.43 Å². The molecule has 0 bridgehead atoms. The van der Waals surface area contributed by atoms with Gasteiger partial charge in [0, 0.05) is 28.4 Å². The van der Waals surface area contributed by atoms with E-state index in [-0.39, 0.29) is 65.9 Å². The molecule has 0 fully saturated rings. The topological polar surface area (TPSA) is 136 Å². The molecule has 0 aromatic heterocycles. The van der Waals surface area contributed by atoms with E-state index in [1.165, 1.54) is 31.2 Å². The van der Waals surface area contributed by atoms with Crippen LogP contribution in [0.15, 0.2) is 24.3 Å². The van der Waals surface area contributed by atoms with E-state index in [0.29, 0.717) is 0 Å². The molecule has 1 unspecified atom stereocenters. The van der Waals surface area contributed by atoms with Crippen molar-refractivity contribution in [1.82, 2.24) is 15.3 Å². The molecule has 4 rings (SSSR count). The van der Waals surface area contributed by atoms with Crippen molar-refractivity contribution >= 4 is 34.4 Å². The normalized spacial score (nSPS) is 16.5. The lowest BCUT2D eigenvalue weighted by Gasteiger charge is -2.32. The predicted octanol–water partition coefficient (Wildman–Crippen LogP) is -0.0739. The summed E-state index contributed by atoms with van der Waals surface area (Å²) in [5, 5.41) is 19.7.